The summed E-state index contributed by atoms with van der Waals surface area (Å²) in [5.41, 5.74) is 1.61. The molecule has 0 bridgehead atoms. The number of para-hydroxylation sites is 1. The Morgan fingerprint density at radius 2 is 1.65 bits per heavy atom. The van der Waals surface area contributed by atoms with Gasteiger partial charge in [0.05, 0.1) is 5.56 Å². The normalized spacial score (nSPS) is 9.94. The van der Waals surface area contributed by atoms with Crippen molar-refractivity contribution in [3.63, 3.8) is 0 Å². The number of rotatable bonds is 4. The molecule has 0 aromatic heterocycles. The lowest BCUT2D eigenvalue weighted by molar-refractivity contribution is 0.103. The fourth-order valence-electron chi connectivity index (χ4n) is 1.58. The Hall–Kier alpha value is -1.61. The van der Waals surface area contributed by atoms with Crippen LogP contribution in [-0.4, -0.2) is 11.3 Å². The molecule has 0 unspecified atom stereocenters. The predicted octanol–water partition coefficient (Wildman–Crippen LogP) is 3.65. The van der Waals surface area contributed by atoms with Gasteiger partial charge in [0.15, 0.2) is 5.78 Å². The number of halogens is 1. The molecule has 0 aliphatic heterocycles. The van der Waals surface area contributed by atoms with Gasteiger partial charge in [0.25, 0.3) is 0 Å². The summed E-state index contributed by atoms with van der Waals surface area (Å²) in [7, 11) is 0. The lowest BCUT2D eigenvalue weighted by Gasteiger charge is -2.08. The third-order valence-corrected chi connectivity index (χ3v) is 2.61. The molecule has 0 aliphatic rings. The Bertz CT molecular complexity index is 509. The van der Waals surface area contributed by atoms with Crippen molar-refractivity contribution in [1.82, 2.24) is 0 Å². The number of carbonyl (C=O) groups is 1. The van der Waals surface area contributed by atoms with Crippen molar-refractivity contribution < 1.29 is 9.53 Å². The van der Waals surface area contributed by atoms with Crippen LogP contribution < -0.4 is 4.74 Å². The fourth-order valence-corrected chi connectivity index (χ4v) is 1.83. The van der Waals surface area contributed by atoms with Gasteiger partial charge in [-0.1, -0.05) is 42.5 Å². The molecule has 0 radical (unpaired) electrons. The number of ether oxygens (including phenoxy) is 1. The van der Waals surface area contributed by atoms with Gasteiger partial charge in [-0.2, -0.15) is 0 Å². The average Bonchev–Trinajstić information content (AvgIpc) is 2.40. The van der Waals surface area contributed by atoms with E-state index in [0.717, 1.165) is 0 Å². The molecule has 2 aromatic carbocycles. The van der Waals surface area contributed by atoms with E-state index in [4.69, 9.17) is 4.74 Å². The van der Waals surface area contributed by atoms with Crippen LogP contribution in [0.1, 0.15) is 15.9 Å². The molecule has 86 valence electrons. The first-order valence-corrected chi connectivity index (χ1v) is 6.32. The lowest BCUT2D eigenvalue weighted by Crippen LogP contribution is -2.04. The zero-order valence-electron chi connectivity index (χ0n) is 9.10. The summed E-state index contributed by atoms with van der Waals surface area (Å²) in [4.78, 5) is 12.2. The first-order chi connectivity index (χ1) is 8.33. The summed E-state index contributed by atoms with van der Waals surface area (Å²) in [5.74, 6) is 0.570. The van der Waals surface area contributed by atoms with Gasteiger partial charge in [-0.15, -0.1) is 0 Å². The number of benzene rings is 2. The van der Waals surface area contributed by atoms with Gasteiger partial charge >= 0.3 is 0 Å². The monoisotopic (exact) mass is 290 g/mol. The first kappa shape index (κ1) is 11.9. The molecular weight excluding hydrogens is 280 g/mol. The molecule has 3 heteroatoms. The molecule has 0 fully saturated rings. The zero-order valence-corrected chi connectivity index (χ0v) is 10.7. The summed E-state index contributed by atoms with van der Waals surface area (Å²) >= 11 is 3.19. The number of hydrogen-bond donors (Lipinski definition) is 0. The van der Waals surface area contributed by atoms with Gasteiger partial charge < -0.3 is 4.74 Å². The summed E-state index contributed by atoms with van der Waals surface area (Å²) in [6.45, 7) is 0. The zero-order chi connectivity index (χ0) is 12.1. The molecule has 0 heterocycles. The first-order valence-electron chi connectivity index (χ1n) is 5.20. The lowest BCUT2D eigenvalue weighted by atomic mass is 10.0. The Balaban J connectivity index is 2.37. The summed E-state index contributed by atoms with van der Waals surface area (Å²) in [6, 6.07) is 16.4. The highest BCUT2D eigenvalue weighted by molar-refractivity contribution is 9.09. The molecule has 17 heavy (non-hydrogen) atoms. The van der Waals surface area contributed by atoms with Crippen LogP contribution in [0.25, 0.3) is 0 Å². The fraction of sp³-hybridized carbons (Fsp3) is 0.0714. The van der Waals surface area contributed by atoms with Crippen LogP contribution in [0.5, 0.6) is 5.75 Å². The average molecular weight is 291 g/mol. The Morgan fingerprint density at radius 1 is 1.00 bits per heavy atom. The minimum Gasteiger partial charge on any atom is -0.482 e. The highest BCUT2D eigenvalue weighted by Crippen LogP contribution is 2.21. The van der Waals surface area contributed by atoms with E-state index in [1.54, 1.807) is 24.3 Å². The standard InChI is InChI=1S/C14H11BrO2/c15-10-17-13-9-5-4-8-12(13)14(16)11-6-2-1-3-7-11/h1-9H,10H2. The SMILES string of the molecule is O=C(c1ccccc1)c1ccccc1OCBr. The van der Waals surface area contributed by atoms with E-state index in [0.29, 0.717) is 22.4 Å². The van der Waals surface area contributed by atoms with E-state index in [9.17, 15) is 4.79 Å². The molecule has 0 aliphatic carbocycles. The van der Waals surface area contributed by atoms with E-state index in [2.05, 4.69) is 15.9 Å². The topological polar surface area (TPSA) is 26.3 Å². The van der Waals surface area contributed by atoms with E-state index in [1.807, 2.05) is 30.3 Å². The van der Waals surface area contributed by atoms with Crippen LogP contribution in [0.15, 0.2) is 54.6 Å². The molecule has 2 nitrogen and oxygen atoms in total. The molecule has 0 atom stereocenters. The van der Waals surface area contributed by atoms with Crippen molar-refractivity contribution in [3.8, 4) is 5.75 Å². The quantitative estimate of drug-likeness (QED) is 0.635. The van der Waals surface area contributed by atoms with Gasteiger partial charge in [0.1, 0.15) is 11.3 Å². The minimum atomic E-state index is -0.0258. The van der Waals surface area contributed by atoms with Crippen LogP contribution in [0.4, 0.5) is 0 Å². The van der Waals surface area contributed by atoms with Crippen LogP contribution in [0.2, 0.25) is 0 Å². The van der Waals surface area contributed by atoms with E-state index < -0.39 is 0 Å². The number of carbonyl (C=O) groups excluding carboxylic acids is 1. The summed E-state index contributed by atoms with van der Waals surface area (Å²) < 4.78 is 5.38. The molecule has 0 saturated carbocycles. The van der Waals surface area contributed by atoms with Crippen molar-refractivity contribution >= 4 is 21.7 Å². The van der Waals surface area contributed by atoms with Gasteiger partial charge in [-0.3, -0.25) is 4.79 Å². The molecule has 0 saturated heterocycles. The second-order valence-corrected chi connectivity index (χ2v) is 3.90. The maximum Gasteiger partial charge on any atom is 0.196 e. The van der Waals surface area contributed by atoms with E-state index in [1.165, 1.54) is 0 Å². The second-order valence-electron chi connectivity index (χ2n) is 3.44. The molecular formula is C14H11BrO2. The molecule has 0 spiro atoms. The van der Waals surface area contributed by atoms with E-state index in [-0.39, 0.29) is 5.78 Å². The largest absolute Gasteiger partial charge is 0.482 e. The second kappa shape index (κ2) is 5.64. The van der Waals surface area contributed by atoms with Crippen LogP contribution in [-0.2, 0) is 0 Å². The van der Waals surface area contributed by atoms with Gasteiger partial charge in [-0.25, -0.2) is 0 Å². The number of hydrogen-bond acceptors (Lipinski definition) is 2. The van der Waals surface area contributed by atoms with Gasteiger partial charge in [-0.05, 0) is 28.1 Å². The van der Waals surface area contributed by atoms with Crippen molar-refractivity contribution in [2.45, 2.75) is 0 Å². The highest BCUT2D eigenvalue weighted by Gasteiger charge is 2.13. The van der Waals surface area contributed by atoms with Crippen molar-refractivity contribution in [2.24, 2.45) is 0 Å². The molecule has 0 amide bonds. The smallest absolute Gasteiger partial charge is 0.196 e. The summed E-state index contributed by atoms with van der Waals surface area (Å²) in [6.07, 6.45) is 0. The Morgan fingerprint density at radius 3 is 2.35 bits per heavy atom. The molecule has 2 aromatic rings. The Kier molecular flexibility index (Phi) is 3.94. The van der Waals surface area contributed by atoms with Crippen molar-refractivity contribution in [3.05, 3.63) is 65.7 Å². The van der Waals surface area contributed by atoms with Crippen LogP contribution >= 0.6 is 15.9 Å². The van der Waals surface area contributed by atoms with Gasteiger partial charge in [0.2, 0.25) is 0 Å². The molecule has 0 N–H and O–H groups in total. The maximum atomic E-state index is 12.2. The third kappa shape index (κ3) is 2.74. The highest BCUT2D eigenvalue weighted by atomic mass is 79.9. The maximum absolute atomic E-state index is 12.2. The van der Waals surface area contributed by atoms with Crippen LogP contribution in [0, 0.1) is 0 Å². The van der Waals surface area contributed by atoms with Crippen molar-refractivity contribution in [1.29, 1.82) is 0 Å². The van der Waals surface area contributed by atoms with Gasteiger partial charge in [0, 0.05) is 5.56 Å². The summed E-state index contributed by atoms with van der Waals surface area (Å²) in [5, 5.41) is 0. The number of alkyl halides is 1. The van der Waals surface area contributed by atoms with Crippen molar-refractivity contribution in [2.75, 3.05) is 5.52 Å². The third-order valence-electron chi connectivity index (χ3n) is 2.38. The molecule has 2 rings (SSSR count). The minimum absolute atomic E-state index is 0.0258. The Labute approximate surface area is 108 Å². The van der Waals surface area contributed by atoms with E-state index >= 15 is 0 Å². The predicted molar refractivity (Wildman–Crippen MR) is 70.7 cm³/mol. The van der Waals surface area contributed by atoms with Crippen LogP contribution in [0.3, 0.4) is 0 Å². The number of ketones is 1.